The van der Waals surface area contributed by atoms with Gasteiger partial charge < -0.3 is 14.6 Å². The summed E-state index contributed by atoms with van der Waals surface area (Å²) in [6, 6.07) is 4.96. The zero-order chi connectivity index (χ0) is 24.0. The Morgan fingerprint density at radius 3 is 2.58 bits per heavy atom. The van der Waals surface area contributed by atoms with E-state index in [0.29, 0.717) is 43.3 Å². The maximum absolute atomic E-state index is 13.0. The Morgan fingerprint density at radius 2 is 1.91 bits per heavy atom. The fraction of sp³-hybridized carbons (Fsp3) is 0.609. The number of sulfonamides is 1. The molecular formula is C23H34N4O5S. The number of nitrogens with zero attached hydrogens (tertiary/aromatic N) is 3. The van der Waals surface area contributed by atoms with Crippen LogP contribution in [0, 0.1) is 5.92 Å². The van der Waals surface area contributed by atoms with Crippen LogP contribution in [0.3, 0.4) is 0 Å². The highest BCUT2D eigenvalue weighted by molar-refractivity contribution is 7.89. The van der Waals surface area contributed by atoms with Crippen LogP contribution < -0.4 is 5.32 Å². The number of benzene rings is 1. The van der Waals surface area contributed by atoms with Gasteiger partial charge in [-0.3, -0.25) is 9.59 Å². The molecule has 0 unspecified atom stereocenters. The van der Waals surface area contributed by atoms with Crippen molar-refractivity contribution in [2.24, 2.45) is 5.92 Å². The number of ether oxygens (including phenoxy) is 1. The summed E-state index contributed by atoms with van der Waals surface area (Å²) >= 11 is 0. The van der Waals surface area contributed by atoms with E-state index in [0.717, 1.165) is 31.2 Å². The van der Waals surface area contributed by atoms with E-state index < -0.39 is 16.0 Å². The van der Waals surface area contributed by atoms with Crippen LogP contribution in [0.1, 0.15) is 58.7 Å². The molecule has 0 atom stereocenters. The standard InChI is InChI=1S/C23H34N4O5S/c1-4-27-20-10-9-18(33(30,31)26-12-6-5-7-13-26)14-19(20)25-21(27)16-32-23(29)15-24-22(28)11-8-17(2)3/h9-10,14,17H,4-8,11-13,15-16H2,1-3H3,(H,24,28). The number of nitrogens with one attached hydrogen (secondary N) is 1. The second-order valence-corrected chi connectivity index (χ2v) is 10.7. The normalized spacial score (nSPS) is 15.2. The highest BCUT2D eigenvalue weighted by Crippen LogP contribution is 2.25. The van der Waals surface area contributed by atoms with Crippen molar-refractivity contribution < 1.29 is 22.7 Å². The zero-order valence-corrected chi connectivity index (χ0v) is 20.5. The van der Waals surface area contributed by atoms with Crippen LogP contribution in [0.5, 0.6) is 0 Å². The summed E-state index contributed by atoms with van der Waals surface area (Å²) in [4.78, 5) is 28.6. The number of fused-ring (bicyclic) bond motifs is 1. The molecule has 3 rings (SSSR count). The number of hydrogen-bond donors (Lipinski definition) is 1. The first-order valence-corrected chi connectivity index (χ1v) is 13.1. The first-order chi connectivity index (χ1) is 15.7. The Morgan fingerprint density at radius 1 is 1.18 bits per heavy atom. The average Bonchev–Trinajstić information content (AvgIpc) is 3.17. The average molecular weight is 479 g/mol. The van der Waals surface area contributed by atoms with Crippen molar-refractivity contribution in [3.05, 3.63) is 24.0 Å². The van der Waals surface area contributed by atoms with E-state index in [9.17, 15) is 18.0 Å². The van der Waals surface area contributed by atoms with Crippen molar-refractivity contribution in [1.29, 1.82) is 0 Å². The summed E-state index contributed by atoms with van der Waals surface area (Å²) in [7, 11) is -3.56. The van der Waals surface area contributed by atoms with Crippen molar-refractivity contribution in [1.82, 2.24) is 19.2 Å². The van der Waals surface area contributed by atoms with Crippen LogP contribution in [0.2, 0.25) is 0 Å². The van der Waals surface area contributed by atoms with Crippen molar-refractivity contribution in [2.45, 2.75) is 70.9 Å². The van der Waals surface area contributed by atoms with Gasteiger partial charge in [-0.05, 0) is 50.3 Å². The Balaban J connectivity index is 1.67. The van der Waals surface area contributed by atoms with E-state index in [1.807, 2.05) is 25.3 Å². The van der Waals surface area contributed by atoms with Gasteiger partial charge in [0.25, 0.3) is 0 Å². The minimum absolute atomic E-state index is 0.0581. The molecule has 1 amide bonds. The van der Waals surface area contributed by atoms with Gasteiger partial charge >= 0.3 is 5.97 Å². The second kappa shape index (κ2) is 11.1. The van der Waals surface area contributed by atoms with Crippen LogP contribution in [-0.4, -0.2) is 53.8 Å². The van der Waals surface area contributed by atoms with E-state index >= 15 is 0 Å². The number of piperidine rings is 1. The van der Waals surface area contributed by atoms with Gasteiger partial charge in [0.15, 0.2) is 0 Å². The molecule has 182 valence electrons. The van der Waals surface area contributed by atoms with Gasteiger partial charge in [0.05, 0.1) is 15.9 Å². The van der Waals surface area contributed by atoms with E-state index in [1.54, 1.807) is 18.2 Å². The molecule has 9 nitrogen and oxygen atoms in total. The van der Waals surface area contributed by atoms with Crippen LogP contribution in [-0.2, 0) is 37.5 Å². The predicted molar refractivity (Wildman–Crippen MR) is 125 cm³/mol. The Labute approximate surface area is 195 Å². The number of carbonyl (C=O) groups is 2. The zero-order valence-electron chi connectivity index (χ0n) is 19.7. The van der Waals surface area contributed by atoms with Gasteiger partial charge in [-0.1, -0.05) is 20.3 Å². The van der Waals surface area contributed by atoms with Gasteiger partial charge in [-0.15, -0.1) is 0 Å². The van der Waals surface area contributed by atoms with Crippen LogP contribution >= 0.6 is 0 Å². The highest BCUT2D eigenvalue weighted by Gasteiger charge is 2.26. The largest absolute Gasteiger partial charge is 0.456 e. The molecule has 0 aliphatic carbocycles. The number of amides is 1. The van der Waals surface area contributed by atoms with Crippen LogP contribution in [0.4, 0.5) is 0 Å². The van der Waals surface area contributed by atoms with Gasteiger partial charge in [0, 0.05) is 26.1 Å². The number of carbonyl (C=O) groups excluding carboxylic acids is 2. The topological polar surface area (TPSA) is 111 Å². The quantitative estimate of drug-likeness (QED) is 0.526. The third-order valence-corrected chi connectivity index (χ3v) is 7.70. The summed E-state index contributed by atoms with van der Waals surface area (Å²) in [6.07, 6.45) is 3.94. The minimum atomic E-state index is -3.56. The van der Waals surface area contributed by atoms with Gasteiger partial charge in [0.1, 0.15) is 19.0 Å². The van der Waals surface area contributed by atoms with E-state index in [2.05, 4.69) is 10.3 Å². The molecule has 1 aliphatic rings. The lowest BCUT2D eigenvalue weighted by Crippen LogP contribution is -2.35. The molecule has 10 heteroatoms. The maximum atomic E-state index is 13.0. The van der Waals surface area contributed by atoms with Gasteiger partial charge in [0.2, 0.25) is 15.9 Å². The molecule has 1 aromatic carbocycles. The fourth-order valence-corrected chi connectivity index (χ4v) is 5.45. The Kier molecular flexibility index (Phi) is 8.47. The van der Waals surface area contributed by atoms with Crippen LogP contribution in [0.25, 0.3) is 11.0 Å². The lowest BCUT2D eigenvalue weighted by atomic mass is 10.1. The highest BCUT2D eigenvalue weighted by atomic mass is 32.2. The number of hydrogen-bond acceptors (Lipinski definition) is 6. The lowest BCUT2D eigenvalue weighted by Gasteiger charge is -2.25. The summed E-state index contributed by atoms with van der Waals surface area (Å²) in [5, 5.41) is 2.57. The molecule has 2 heterocycles. The minimum Gasteiger partial charge on any atom is -0.456 e. The fourth-order valence-electron chi connectivity index (χ4n) is 3.91. The maximum Gasteiger partial charge on any atom is 0.325 e. The number of aromatic nitrogens is 2. The molecule has 1 aliphatic heterocycles. The molecule has 0 radical (unpaired) electrons. The van der Waals surface area contributed by atoms with Crippen molar-refractivity contribution in [2.75, 3.05) is 19.6 Å². The first kappa shape index (κ1) is 25.2. The summed E-state index contributed by atoms with van der Waals surface area (Å²) in [6.45, 7) is 7.44. The molecule has 0 bridgehead atoms. The van der Waals surface area contributed by atoms with Crippen molar-refractivity contribution in [3.8, 4) is 0 Å². The Bertz CT molecular complexity index is 1090. The van der Waals surface area contributed by atoms with Crippen LogP contribution in [0.15, 0.2) is 23.1 Å². The summed E-state index contributed by atoms with van der Waals surface area (Å²) in [5.74, 6) is 0.222. The lowest BCUT2D eigenvalue weighted by molar-refractivity contribution is -0.145. The molecule has 1 N–H and O–H groups in total. The van der Waals surface area contributed by atoms with E-state index in [4.69, 9.17) is 4.74 Å². The predicted octanol–water partition coefficient (Wildman–Crippen LogP) is 2.83. The third kappa shape index (κ3) is 6.32. The number of esters is 1. The number of imidazole rings is 1. The van der Waals surface area contributed by atoms with Crippen molar-refractivity contribution in [3.63, 3.8) is 0 Å². The molecule has 1 saturated heterocycles. The monoisotopic (exact) mass is 478 g/mol. The Hall–Kier alpha value is -2.46. The number of aryl methyl sites for hydroxylation is 1. The summed E-state index contributed by atoms with van der Waals surface area (Å²) in [5.41, 5.74) is 1.33. The molecular weight excluding hydrogens is 444 g/mol. The number of rotatable bonds is 10. The van der Waals surface area contributed by atoms with E-state index in [-0.39, 0.29) is 24.0 Å². The van der Waals surface area contributed by atoms with Crippen molar-refractivity contribution >= 4 is 32.9 Å². The summed E-state index contributed by atoms with van der Waals surface area (Å²) < 4.78 is 34.7. The van der Waals surface area contributed by atoms with Gasteiger partial charge in [-0.2, -0.15) is 4.31 Å². The molecule has 1 aromatic heterocycles. The molecule has 2 aromatic rings. The smallest absolute Gasteiger partial charge is 0.325 e. The molecule has 1 fully saturated rings. The first-order valence-electron chi connectivity index (χ1n) is 11.6. The van der Waals surface area contributed by atoms with E-state index in [1.165, 1.54) is 4.31 Å². The SMILES string of the molecule is CCn1c(COC(=O)CNC(=O)CCC(C)C)nc2cc(S(=O)(=O)N3CCCCC3)ccc21. The second-order valence-electron chi connectivity index (χ2n) is 8.76. The molecule has 0 saturated carbocycles. The molecule has 33 heavy (non-hydrogen) atoms. The molecule has 0 spiro atoms. The van der Waals surface area contributed by atoms with Gasteiger partial charge in [-0.25, -0.2) is 13.4 Å². The third-order valence-electron chi connectivity index (χ3n) is 5.81.